The smallest absolute Gasteiger partial charge is 0.325 e. The molecular formula is C43H54F5N9. The van der Waals surface area contributed by atoms with E-state index in [0.29, 0.717) is 30.2 Å². The zero-order chi connectivity index (χ0) is 42.5. The Kier molecular flexibility index (Phi) is 13.7. The summed E-state index contributed by atoms with van der Waals surface area (Å²) in [5, 5.41) is 13.5. The van der Waals surface area contributed by atoms with Crippen LogP contribution < -0.4 is 17.2 Å². The largest absolute Gasteiger partial charge is 0.416 e. The van der Waals surface area contributed by atoms with Crippen LogP contribution in [0.25, 0.3) is 17.1 Å². The molecule has 6 rings (SSSR count). The number of hydrogen-bond donors (Lipinski definition) is 3. The molecule has 0 atom stereocenters. The highest BCUT2D eigenvalue weighted by Crippen LogP contribution is 2.31. The fourth-order valence-corrected chi connectivity index (χ4v) is 5.47. The van der Waals surface area contributed by atoms with Crippen molar-refractivity contribution < 1.29 is 22.0 Å². The molecule has 3 aromatic carbocycles. The van der Waals surface area contributed by atoms with Gasteiger partial charge in [0.05, 0.1) is 56.8 Å². The van der Waals surface area contributed by atoms with Crippen molar-refractivity contribution in [3.63, 3.8) is 0 Å². The maximum atomic E-state index is 13.3. The average Bonchev–Trinajstić information content (AvgIpc) is 3.89. The highest BCUT2D eigenvalue weighted by molar-refractivity contribution is 5.39. The van der Waals surface area contributed by atoms with Crippen molar-refractivity contribution in [3.05, 3.63) is 142 Å². The molecule has 6 N–H and O–H groups in total. The lowest BCUT2D eigenvalue weighted by atomic mass is 9.92. The lowest BCUT2D eigenvalue weighted by Gasteiger charge is -2.14. The number of nitrogens with two attached hydrogens (primary N) is 3. The maximum Gasteiger partial charge on any atom is 0.416 e. The Labute approximate surface area is 331 Å². The van der Waals surface area contributed by atoms with Gasteiger partial charge in [-0.2, -0.15) is 28.5 Å². The first kappa shape index (κ1) is 44.5. The minimum absolute atomic E-state index is 0.0325. The molecule has 0 saturated carbocycles. The summed E-state index contributed by atoms with van der Waals surface area (Å²) in [4.78, 5) is 0. The number of alkyl halides is 3. The molecule has 0 aliphatic carbocycles. The molecular weight excluding hydrogens is 738 g/mol. The minimum atomic E-state index is -4.38. The zero-order valence-electron chi connectivity index (χ0n) is 34.1. The van der Waals surface area contributed by atoms with Crippen molar-refractivity contribution in [2.24, 2.45) is 17.2 Å². The van der Waals surface area contributed by atoms with Gasteiger partial charge in [-0.3, -0.25) is 0 Å². The molecule has 3 aromatic heterocycles. The first-order valence-electron chi connectivity index (χ1n) is 18.5. The number of halogens is 5. The van der Waals surface area contributed by atoms with E-state index >= 15 is 0 Å². The standard InChI is InChI=1S/C15H18F3N3.2C14H18FN3/c1-14(2,3)13-8-12(9-19)21(20-13)11-6-4-5-10(7-11)15(16,17)18;1-14(2,3)13-8-12(9-16)18(17-13)11-6-4-10(15)5-7-11;1-14(2,3)13-8-12(9-16)18(17-13)11-6-4-5-10(15)7-11/h4-8H,9,19H2,1-3H3;2*4-8H,9,16H2,1-3H3. The van der Waals surface area contributed by atoms with Gasteiger partial charge in [-0.15, -0.1) is 0 Å². The van der Waals surface area contributed by atoms with Gasteiger partial charge in [0.15, 0.2) is 0 Å². The van der Waals surface area contributed by atoms with Gasteiger partial charge in [0.2, 0.25) is 0 Å². The molecule has 0 aliphatic rings. The van der Waals surface area contributed by atoms with Crippen LogP contribution >= 0.6 is 0 Å². The van der Waals surface area contributed by atoms with E-state index < -0.39 is 11.7 Å². The summed E-state index contributed by atoms with van der Waals surface area (Å²) in [6, 6.07) is 23.5. The van der Waals surface area contributed by atoms with Crippen molar-refractivity contribution in [1.82, 2.24) is 29.3 Å². The second-order valence-corrected chi connectivity index (χ2v) is 16.7. The van der Waals surface area contributed by atoms with E-state index in [0.717, 1.165) is 46.3 Å². The van der Waals surface area contributed by atoms with Crippen LogP contribution in [-0.2, 0) is 42.1 Å². The van der Waals surface area contributed by atoms with Gasteiger partial charge < -0.3 is 17.2 Å². The molecule has 0 saturated heterocycles. The summed E-state index contributed by atoms with van der Waals surface area (Å²) in [6.07, 6.45) is -4.38. The van der Waals surface area contributed by atoms with E-state index in [4.69, 9.17) is 17.2 Å². The quantitative estimate of drug-likeness (QED) is 0.144. The molecule has 9 nitrogen and oxygen atoms in total. The predicted molar refractivity (Wildman–Crippen MR) is 215 cm³/mol. The molecule has 0 bridgehead atoms. The summed E-state index contributed by atoms with van der Waals surface area (Å²) in [7, 11) is 0. The Balaban J connectivity index is 0.000000190. The molecule has 0 aliphatic heterocycles. The van der Waals surface area contributed by atoms with Crippen molar-refractivity contribution in [2.75, 3.05) is 0 Å². The number of hydrogen-bond acceptors (Lipinski definition) is 6. The second-order valence-electron chi connectivity index (χ2n) is 16.7. The van der Waals surface area contributed by atoms with Crippen molar-refractivity contribution in [2.45, 2.75) is 104 Å². The molecule has 0 fully saturated rings. The number of nitrogens with zero attached hydrogens (tertiary/aromatic N) is 6. The Morgan fingerprint density at radius 1 is 0.456 bits per heavy atom. The monoisotopic (exact) mass is 791 g/mol. The average molecular weight is 792 g/mol. The Morgan fingerprint density at radius 2 is 0.825 bits per heavy atom. The minimum Gasteiger partial charge on any atom is -0.325 e. The second kappa shape index (κ2) is 17.5. The van der Waals surface area contributed by atoms with E-state index in [1.54, 1.807) is 33.6 Å². The third-order valence-electron chi connectivity index (χ3n) is 8.82. The summed E-state index contributed by atoms with van der Waals surface area (Å²) in [5.74, 6) is -0.528. The first-order valence-corrected chi connectivity index (χ1v) is 18.5. The summed E-state index contributed by atoms with van der Waals surface area (Å²) < 4.78 is 69.6. The third kappa shape index (κ3) is 11.5. The number of rotatable bonds is 6. The third-order valence-corrected chi connectivity index (χ3v) is 8.82. The van der Waals surface area contributed by atoms with Crippen LogP contribution in [0, 0.1) is 11.6 Å². The molecule has 14 heteroatoms. The lowest BCUT2D eigenvalue weighted by molar-refractivity contribution is -0.137. The van der Waals surface area contributed by atoms with Crippen LogP contribution in [0.3, 0.4) is 0 Å². The van der Waals surface area contributed by atoms with Crippen LogP contribution in [0.2, 0.25) is 0 Å². The van der Waals surface area contributed by atoms with E-state index in [-0.39, 0.29) is 34.4 Å². The van der Waals surface area contributed by atoms with Crippen LogP contribution in [0.15, 0.2) is 91.0 Å². The molecule has 306 valence electrons. The summed E-state index contributed by atoms with van der Waals surface area (Å²) >= 11 is 0. The normalized spacial score (nSPS) is 12.2. The Morgan fingerprint density at radius 3 is 1.18 bits per heavy atom. The van der Waals surface area contributed by atoms with Crippen molar-refractivity contribution in [3.8, 4) is 17.1 Å². The highest BCUT2D eigenvalue weighted by Gasteiger charge is 2.31. The molecule has 6 aromatic rings. The van der Waals surface area contributed by atoms with Crippen molar-refractivity contribution in [1.29, 1.82) is 0 Å². The lowest BCUT2D eigenvalue weighted by Crippen LogP contribution is -2.13. The summed E-state index contributed by atoms with van der Waals surface area (Å²) in [5.41, 5.74) is 23.3. The topological polar surface area (TPSA) is 132 Å². The highest BCUT2D eigenvalue weighted by atomic mass is 19.4. The van der Waals surface area contributed by atoms with Crippen LogP contribution in [0.5, 0.6) is 0 Å². The molecule has 57 heavy (non-hydrogen) atoms. The van der Waals surface area contributed by atoms with Crippen LogP contribution in [-0.4, -0.2) is 29.3 Å². The van der Waals surface area contributed by atoms with E-state index in [9.17, 15) is 22.0 Å². The fraction of sp³-hybridized carbons (Fsp3) is 0.372. The van der Waals surface area contributed by atoms with Gasteiger partial charge in [-0.25, -0.2) is 22.8 Å². The van der Waals surface area contributed by atoms with E-state index in [1.807, 2.05) is 45.0 Å². The van der Waals surface area contributed by atoms with Gasteiger partial charge in [-0.1, -0.05) is 74.4 Å². The van der Waals surface area contributed by atoms with Crippen LogP contribution in [0.4, 0.5) is 22.0 Å². The molecule has 0 radical (unpaired) electrons. The summed E-state index contributed by atoms with van der Waals surface area (Å²) in [6.45, 7) is 19.5. The molecule has 0 spiro atoms. The van der Waals surface area contributed by atoms with Gasteiger partial charge in [0.1, 0.15) is 11.6 Å². The van der Waals surface area contributed by atoms with E-state index in [1.165, 1.54) is 35.0 Å². The molecule has 3 heterocycles. The van der Waals surface area contributed by atoms with E-state index in [2.05, 4.69) is 56.8 Å². The van der Waals surface area contributed by atoms with Gasteiger partial charge in [-0.05, 0) is 78.9 Å². The number of benzene rings is 3. The predicted octanol–water partition coefficient (Wildman–Crippen LogP) is 9.18. The SMILES string of the molecule is CC(C)(C)c1cc(CN)n(-c2ccc(F)cc2)n1.CC(C)(C)c1cc(CN)n(-c2cccc(C(F)(F)F)c2)n1.CC(C)(C)c1cc(CN)n(-c2cccc(F)c2)n1. The van der Waals surface area contributed by atoms with Crippen molar-refractivity contribution >= 4 is 0 Å². The maximum absolute atomic E-state index is 13.3. The molecule has 0 amide bonds. The Hall–Kier alpha value is -5.18. The zero-order valence-corrected chi connectivity index (χ0v) is 34.1. The van der Waals surface area contributed by atoms with Gasteiger partial charge in [0, 0.05) is 35.9 Å². The van der Waals surface area contributed by atoms with Crippen LogP contribution in [0.1, 0.15) is 102 Å². The first-order chi connectivity index (χ1) is 26.5. The van der Waals surface area contributed by atoms with Gasteiger partial charge in [0.25, 0.3) is 0 Å². The number of aromatic nitrogens is 6. The fourth-order valence-electron chi connectivity index (χ4n) is 5.47. The molecule has 0 unspecified atom stereocenters. The Bertz CT molecular complexity index is 2230. The van der Waals surface area contributed by atoms with Gasteiger partial charge >= 0.3 is 6.18 Å².